The van der Waals surface area contributed by atoms with Crippen molar-refractivity contribution in [3.05, 3.63) is 101 Å². The summed E-state index contributed by atoms with van der Waals surface area (Å²) in [7, 11) is 0. The highest BCUT2D eigenvalue weighted by Gasteiger charge is 2.26. The Kier molecular flexibility index (Phi) is 5.35. The van der Waals surface area contributed by atoms with Gasteiger partial charge in [0.15, 0.2) is 5.76 Å². The second kappa shape index (κ2) is 8.25. The van der Waals surface area contributed by atoms with E-state index in [-0.39, 0.29) is 11.7 Å². The van der Waals surface area contributed by atoms with Crippen molar-refractivity contribution in [3.8, 4) is 0 Å². The van der Waals surface area contributed by atoms with Crippen molar-refractivity contribution in [2.24, 2.45) is 0 Å². The lowest BCUT2D eigenvalue weighted by Crippen LogP contribution is -2.37. The first kappa shape index (κ1) is 19.5. The lowest BCUT2D eigenvalue weighted by atomic mass is 10.1. The lowest BCUT2D eigenvalue weighted by Gasteiger charge is -2.18. The number of aryl methyl sites for hydroxylation is 2. The van der Waals surface area contributed by atoms with Gasteiger partial charge in [-0.25, -0.2) is 0 Å². The van der Waals surface area contributed by atoms with E-state index in [1.165, 1.54) is 0 Å². The predicted octanol–water partition coefficient (Wildman–Crippen LogP) is 5.16. The van der Waals surface area contributed by atoms with Crippen molar-refractivity contribution in [1.29, 1.82) is 0 Å². The molecule has 1 aromatic heterocycles. The first-order valence-electron chi connectivity index (χ1n) is 9.75. The van der Waals surface area contributed by atoms with E-state index in [0.29, 0.717) is 16.8 Å². The quantitative estimate of drug-likeness (QED) is 0.488. The standard InChI is InChI=1S/C25H22N2O3/c1-16-10-9-15-20-17(2)23(30-22(16)20)25(29)27-21(18-11-5-3-6-12-18)24(28)26-19-13-7-4-8-14-19/h3-15,21H,1-2H3,(H,26,28)(H,27,29). The molecule has 0 aliphatic rings. The molecule has 2 N–H and O–H groups in total. The molecule has 0 bridgehead atoms. The van der Waals surface area contributed by atoms with Gasteiger partial charge in [-0.3, -0.25) is 9.59 Å². The van der Waals surface area contributed by atoms with Crippen LogP contribution >= 0.6 is 0 Å². The minimum atomic E-state index is -0.868. The highest BCUT2D eigenvalue weighted by molar-refractivity contribution is 6.03. The van der Waals surface area contributed by atoms with Gasteiger partial charge in [-0.1, -0.05) is 66.7 Å². The highest BCUT2D eigenvalue weighted by atomic mass is 16.3. The Labute approximate surface area is 174 Å². The molecule has 0 spiro atoms. The molecule has 30 heavy (non-hydrogen) atoms. The topological polar surface area (TPSA) is 71.3 Å². The Balaban J connectivity index is 1.65. The Hall–Kier alpha value is -3.86. The third-order valence-corrected chi connectivity index (χ3v) is 5.08. The van der Waals surface area contributed by atoms with Gasteiger partial charge in [-0.15, -0.1) is 0 Å². The van der Waals surface area contributed by atoms with Gasteiger partial charge in [-0.05, 0) is 37.1 Å². The van der Waals surface area contributed by atoms with Gasteiger partial charge in [0, 0.05) is 16.6 Å². The fourth-order valence-electron chi connectivity index (χ4n) is 3.48. The maximum absolute atomic E-state index is 13.1. The van der Waals surface area contributed by atoms with Gasteiger partial charge >= 0.3 is 0 Å². The van der Waals surface area contributed by atoms with Gasteiger partial charge in [-0.2, -0.15) is 0 Å². The van der Waals surface area contributed by atoms with Crippen LogP contribution in [0.1, 0.15) is 33.3 Å². The van der Waals surface area contributed by atoms with E-state index in [0.717, 1.165) is 16.5 Å². The lowest BCUT2D eigenvalue weighted by molar-refractivity contribution is -0.118. The second-order valence-electron chi connectivity index (χ2n) is 7.18. The molecule has 4 rings (SSSR count). The SMILES string of the molecule is Cc1c(C(=O)NC(C(=O)Nc2ccccc2)c2ccccc2)oc2c(C)cccc12. The van der Waals surface area contributed by atoms with E-state index in [1.807, 2.05) is 80.6 Å². The number of hydrogen-bond donors (Lipinski definition) is 2. The molecular formula is C25H22N2O3. The van der Waals surface area contributed by atoms with Crippen LogP contribution in [0.2, 0.25) is 0 Å². The van der Waals surface area contributed by atoms with Crippen LogP contribution in [0.25, 0.3) is 11.0 Å². The van der Waals surface area contributed by atoms with E-state index in [2.05, 4.69) is 10.6 Å². The number of furan rings is 1. The zero-order chi connectivity index (χ0) is 21.1. The Morgan fingerprint density at radius 3 is 2.17 bits per heavy atom. The number of hydrogen-bond acceptors (Lipinski definition) is 3. The summed E-state index contributed by atoms with van der Waals surface area (Å²) in [6, 6.07) is 23.2. The second-order valence-corrected chi connectivity index (χ2v) is 7.18. The monoisotopic (exact) mass is 398 g/mol. The maximum atomic E-state index is 13.1. The summed E-state index contributed by atoms with van der Waals surface area (Å²) in [6.07, 6.45) is 0. The average Bonchev–Trinajstić information content (AvgIpc) is 3.11. The molecule has 150 valence electrons. The largest absolute Gasteiger partial charge is 0.450 e. The zero-order valence-corrected chi connectivity index (χ0v) is 16.8. The summed E-state index contributed by atoms with van der Waals surface area (Å²) in [5.41, 5.74) is 3.74. The number of carbonyl (C=O) groups excluding carboxylic acids is 2. The molecule has 1 atom stereocenters. The average molecular weight is 398 g/mol. The molecule has 0 saturated carbocycles. The highest BCUT2D eigenvalue weighted by Crippen LogP contribution is 2.28. The molecule has 0 saturated heterocycles. The summed E-state index contributed by atoms with van der Waals surface area (Å²) in [5.74, 6) is -0.543. The van der Waals surface area contributed by atoms with Gasteiger partial charge < -0.3 is 15.1 Å². The third-order valence-electron chi connectivity index (χ3n) is 5.08. The number of nitrogens with one attached hydrogen (secondary N) is 2. The van der Waals surface area contributed by atoms with E-state index in [1.54, 1.807) is 12.1 Å². The van der Waals surface area contributed by atoms with Crippen LogP contribution in [-0.2, 0) is 4.79 Å². The number of anilines is 1. The van der Waals surface area contributed by atoms with Crippen LogP contribution < -0.4 is 10.6 Å². The van der Waals surface area contributed by atoms with Crippen molar-refractivity contribution >= 4 is 28.5 Å². The third kappa shape index (κ3) is 3.82. The fourth-order valence-corrected chi connectivity index (χ4v) is 3.48. The van der Waals surface area contributed by atoms with Crippen molar-refractivity contribution in [3.63, 3.8) is 0 Å². The first-order valence-corrected chi connectivity index (χ1v) is 9.75. The number of fused-ring (bicyclic) bond motifs is 1. The van der Waals surface area contributed by atoms with Crippen LogP contribution in [0.4, 0.5) is 5.69 Å². The zero-order valence-electron chi connectivity index (χ0n) is 16.8. The smallest absolute Gasteiger partial charge is 0.288 e. The molecule has 3 aromatic carbocycles. The number of rotatable bonds is 5. The first-order chi connectivity index (χ1) is 14.5. The normalized spacial score (nSPS) is 11.8. The maximum Gasteiger partial charge on any atom is 0.288 e. The molecule has 0 aliphatic heterocycles. The van der Waals surface area contributed by atoms with Crippen LogP contribution in [0.3, 0.4) is 0 Å². The number of amides is 2. The van der Waals surface area contributed by atoms with Crippen molar-refractivity contribution in [1.82, 2.24) is 5.32 Å². The molecule has 0 fully saturated rings. The summed E-state index contributed by atoms with van der Waals surface area (Å²) in [6.45, 7) is 3.79. The predicted molar refractivity (Wildman–Crippen MR) is 117 cm³/mol. The van der Waals surface area contributed by atoms with E-state index in [9.17, 15) is 9.59 Å². The molecule has 0 radical (unpaired) electrons. The summed E-state index contributed by atoms with van der Waals surface area (Å²) in [4.78, 5) is 26.1. The molecular weight excluding hydrogens is 376 g/mol. The fraction of sp³-hybridized carbons (Fsp3) is 0.120. The van der Waals surface area contributed by atoms with Crippen molar-refractivity contribution < 1.29 is 14.0 Å². The molecule has 5 nitrogen and oxygen atoms in total. The molecule has 0 aliphatic carbocycles. The van der Waals surface area contributed by atoms with Crippen LogP contribution in [0.15, 0.2) is 83.3 Å². The van der Waals surface area contributed by atoms with Gasteiger partial charge in [0.1, 0.15) is 11.6 Å². The molecule has 2 amide bonds. The van der Waals surface area contributed by atoms with Crippen LogP contribution in [0.5, 0.6) is 0 Å². The van der Waals surface area contributed by atoms with Crippen LogP contribution in [0, 0.1) is 13.8 Å². The number of benzene rings is 3. The Bertz CT molecular complexity index is 1200. The van der Waals surface area contributed by atoms with Crippen molar-refractivity contribution in [2.75, 3.05) is 5.32 Å². The van der Waals surface area contributed by atoms with Gasteiger partial charge in [0.25, 0.3) is 11.8 Å². The van der Waals surface area contributed by atoms with Crippen LogP contribution in [-0.4, -0.2) is 11.8 Å². The number of para-hydroxylation sites is 2. The summed E-state index contributed by atoms with van der Waals surface area (Å²) >= 11 is 0. The minimum absolute atomic E-state index is 0.216. The summed E-state index contributed by atoms with van der Waals surface area (Å²) < 4.78 is 5.88. The van der Waals surface area contributed by atoms with E-state index < -0.39 is 11.9 Å². The molecule has 4 aromatic rings. The van der Waals surface area contributed by atoms with Gasteiger partial charge in [0.05, 0.1) is 0 Å². The molecule has 1 unspecified atom stereocenters. The van der Waals surface area contributed by atoms with E-state index >= 15 is 0 Å². The Morgan fingerprint density at radius 1 is 0.833 bits per heavy atom. The van der Waals surface area contributed by atoms with Crippen molar-refractivity contribution in [2.45, 2.75) is 19.9 Å². The van der Waals surface area contributed by atoms with Gasteiger partial charge in [0.2, 0.25) is 0 Å². The Morgan fingerprint density at radius 2 is 1.50 bits per heavy atom. The molecule has 1 heterocycles. The van der Waals surface area contributed by atoms with E-state index in [4.69, 9.17) is 4.42 Å². The minimum Gasteiger partial charge on any atom is -0.450 e. The number of carbonyl (C=O) groups is 2. The summed E-state index contributed by atoms with van der Waals surface area (Å²) in [5, 5.41) is 6.60. The molecule has 5 heteroatoms.